The third-order valence-corrected chi connectivity index (χ3v) is 11.7. The summed E-state index contributed by atoms with van der Waals surface area (Å²) >= 11 is 0. The number of aromatic nitrogens is 1. The fourth-order valence-corrected chi connectivity index (χ4v) is 9.45. The third kappa shape index (κ3) is 7.72. The SMILES string of the molecule is Cc1nc(C)c(P2(=O)OC(C)CC(C)O2)c(-c2cccc([N+](=O)[O-])c2)c1C(=O)OCCN1CCN(C(c2ccccc2)c2ccccc2)CC1. The standard InChI is InChI=1S/C38H43N4O7P/c1-26-24-27(2)49-50(46,48-26)37-29(4)39-28(3)34(35(37)32-16-11-17-33(25-32)42(44)45)38(43)47-23-22-40-18-20-41(21-19-40)36(30-12-7-5-8-13-30)31-14-9-6-10-15-31/h5-17,25-27,36H,18-24H2,1-4H3. The molecule has 0 aliphatic carbocycles. The van der Waals surface area contributed by atoms with Crippen molar-refractivity contribution in [2.24, 2.45) is 0 Å². The quantitative estimate of drug-likeness (QED) is 0.0750. The Kier molecular flexibility index (Phi) is 10.9. The summed E-state index contributed by atoms with van der Waals surface area (Å²) in [6, 6.07) is 27.1. The van der Waals surface area contributed by atoms with E-state index in [-0.39, 0.29) is 47.0 Å². The molecule has 0 radical (unpaired) electrons. The van der Waals surface area contributed by atoms with E-state index < -0.39 is 18.5 Å². The summed E-state index contributed by atoms with van der Waals surface area (Å²) in [6.07, 6.45) is -0.221. The van der Waals surface area contributed by atoms with Crippen molar-refractivity contribution in [3.8, 4) is 11.1 Å². The molecule has 6 rings (SSSR count). The van der Waals surface area contributed by atoms with Gasteiger partial charge in [0.05, 0.1) is 45.4 Å². The third-order valence-electron chi connectivity index (χ3n) is 9.29. The van der Waals surface area contributed by atoms with E-state index >= 15 is 0 Å². The van der Waals surface area contributed by atoms with Gasteiger partial charge in [0.1, 0.15) is 6.61 Å². The number of nitro benzene ring substituents is 1. The minimum atomic E-state index is -4.00. The van der Waals surface area contributed by atoms with Crippen LogP contribution in [0.4, 0.5) is 5.69 Å². The Balaban J connectivity index is 1.22. The summed E-state index contributed by atoms with van der Waals surface area (Å²) in [4.78, 5) is 34.6. The first-order valence-electron chi connectivity index (χ1n) is 17.0. The number of carbonyl (C=O) groups is 1. The predicted molar refractivity (Wildman–Crippen MR) is 192 cm³/mol. The molecule has 12 heteroatoms. The molecule has 50 heavy (non-hydrogen) atoms. The molecule has 2 unspecified atom stereocenters. The van der Waals surface area contributed by atoms with E-state index in [9.17, 15) is 19.5 Å². The Bertz CT molecular complexity index is 1830. The number of esters is 1. The van der Waals surface area contributed by atoms with E-state index in [2.05, 4.69) is 63.3 Å². The molecule has 3 heterocycles. The number of nitrogens with zero attached hydrogens (tertiary/aromatic N) is 4. The smallest absolute Gasteiger partial charge is 0.364 e. The Morgan fingerprint density at radius 1 is 0.920 bits per heavy atom. The zero-order chi connectivity index (χ0) is 35.4. The lowest BCUT2D eigenvalue weighted by Crippen LogP contribution is -2.48. The number of rotatable bonds is 10. The maximum Gasteiger partial charge on any atom is 0.364 e. The van der Waals surface area contributed by atoms with Crippen LogP contribution in [0.3, 0.4) is 0 Å². The van der Waals surface area contributed by atoms with Crippen LogP contribution in [0.2, 0.25) is 0 Å². The molecule has 0 amide bonds. The number of benzene rings is 3. The van der Waals surface area contributed by atoms with E-state index in [0.717, 1.165) is 26.2 Å². The van der Waals surface area contributed by atoms with Gasteiger partial charge >= 0.3 is 13.6 Å². The molecule has 2 aliphatic rings. The Morgan fingerprint density at radius 3 is 2.10 bits per heavy atom. The van der Waals surface area contributed by atoms with Crippen molar-refractivity contribution < 1.29 is 28.1 Å². The molecule has 0 bridgehead atoms. The highest BCUT2D eigenvalue weighted by Crippen LogP contribution is 2.56. The van der Waals surface area contributed by atoms with E-state index in [4.69, 9.17) is 13.8 Å². The first kappa shape index (κ1) is 35.6. The van der Waals surface area contributed by atoms with E-state index in [0.29, 0.717) is 29.9 Å². The Hall–Kier alpha value is -4.25. The number of aryl methyl sites for hydroxylation is 2. The lowest BCUT2D eigenvalue weighted by molar-refractivity contribution is -0.384. The Morgan fingerprint density at radius 2 is 1.52 bits per heavy atom. The lowest BCUT2D eigenvalue weighted by atomic mass is 9.96. The summed E-state index contributed by atoms with van der Waals surface area (Å²) in [5.74, 6) is -0.658. The molecule has 11 nitrogen and oxygen atoms in total. The topological polar surface area (TPSA) is 124 Å². The molecule has 4 aromatic rings. The first-order valence-corrected chi connectivity index (χ1v) is 18.5. The van der Waals surface area contributed by atoms with Crippen molar-refractivity contribution in [2.45, 2.75) is 52.4 Å². The van der Waals surface area contributed by atoms with Crippen molar-refractivity contribution >= 4 is 24.6 Å². The van der Waals surface area contributed by atoms with Gasteiger partial charge in [-0.2, -0.15) is 0 Å². The number of pyridine rings is 1. The number of hydrogen-bond acceptors (Lipinski definition) is 10. The van der Waals surface area contributed by atoms with Gasteiger partial charge in [-0.3, -0.25) is 29.5 Å². The fourth-order valence-electron chi connectivity index (χ4n) is 7.11. The summed E-state index contributed by atoms with van der Waals surface area (Å²) in [5, 5.41) is 11.9. The molecule has 3 aromatic carbocycles. The molecule has 0 N–H and O–H groups in total. The predicted octanol–water partition coefficient (Wildman–Crippen LogP) is 6.87. The molecule has 2 saturated heterocycles. The molecule has 262 valence electrons. The van der Waals surface area contributed by atoms with Gasteiger partial charge in [-0.25, -0.2) is 4.79 Å². The number of non-ortho nitro benzene ring substituents is 1. The van der Waals surface area contributed by atoms with Crippen molar-refractivity contribution in [1.29, 1.82) is 0 Å². The number of ether oxygens (including phenoxy) is 1. The van der Waals surface area contributed by atoms with Crippen LogP contribution >= 0.6 is 7.60 Å². The normalized spacial score (nSPS) is 21.6. The summed E-state index contributed by atoms with van der Waals surface area (Å²) < 4.78 is 32.3. The maximum atomic E-state index is 14.5. The van der Waals surface area contributed by atoms with Crippen LogP contribution in [0.15, 0.2) is 84.9 Å². The highest BCUT2D eigenvalue weighted by atomic mass is 31.2. The average molecular weight is 699 g/mol. The fraction of sp³-hybridized carbons (Fsp3) is 0.368. The molecule has 2 aliphatic heterocycles. The second-order valence-corrected chi connectivity index (χ2v) is 14.9. The van der Waals surface area contributed by atoms with Crippen molar-refractivity contribution in [1.82, 2.24) is 14.8 Å². The van der Waals surface area contributed by atoms with Gasteiger partial charge in [0.2, 0.25) is 0 Å². The monoisotopic (exact) mass is 698 g/mol. The average Bonchev–Trinajstić information content (AvgIpc) is 3.09. The minimum Gasteiger partial charge on any atom is -0.461 e. The Labute approximate surface area is 292 Å². The molecular weight excluding hydrogens is 655 g/mol. The largest absolute Gasteiger partial charge is 0.461 e. The summed E-state index contributed by atoms with van der Waals surface area (Å²) in [6.45, 7) is 10.9. The van der Waals surface area contributed by atoms with Crippen LogP contribution < -0.4 is 5.30 Å². The van der Waals surface area contributed by atoms with E-state index in [1.54, 1.807) is 19.9 Å². The summed E-state index contributed by atoms with van der Waals surface area (Å²) in [5.41, 5.74) is 3.65. The number of nitro groups is 1. The van der Waals surface area contributed by atoms with Gasteiger partial charge < -0.3 is 13.8 Å². The molecule has 1 aromatic heterocycles. The molecular formula is C38H43N4O7P. The van der Waals surface area contributed by atoms with Crippen molar-refractivity contribution in [3.05, 3.63) is 123 Å². The molecule has 0 saturated carbocycles. The highest BCUT2D eigenvalue weighted by Gasteiger charge is 2.43. The zero-order valence-electron chi connectivity index (χ0n) is 28.9. The second kappa shape index (κ2) is 15.3. The van der Waals surface area contributed by atoms with Crippen molar-refractivity contribution in [3.63, 3.8) is 0 Å². The van der Waals surface area contributed by atoms with Crippen LogP contribution in [0.5, 0.6) is 0 Å². The van der Waals surface area contributed by atoms with Gasteiger partial charge in [0.25, 0.3) is 5.69 Å². The van der Waals surface area contributed by atoms with Crippen LogP contribution in [0.25, 0.3) is 11.1 Å². The van der Waals surface area contributed by atoms with Gasteiger partial charge in [0.15, 0.2) is 0 Å². The number of piperazine rings is 1. The van der Waals surface area contributed by atoms with E-state index in [1.807, 2.05) is 26.0 Å². The molecule has 0 spiro atoms. The molecule has 2 fully saturated rings. The van der Waals surface area contributed by atoms with Gasteiger partial charge in [-0.1, -0.05) is 72.8 Å². The zero-order valence-corrected chi connectivity index (χ0v) is 29.8. The van der Waals surface area contributed by atoms with Gasteiger partial charge in [-0.05, 0) is 44.4 Å². The number of carbonyl (C=O) groups excluding carboxylic acids is 1. The van der Waals surface area contributed by atoms with Crippen molar-refractivity contribution in [2.75, 3.05) is 39.3 Å². The number of hydrogen-bond donors (Lipinski definition) is 0. The minimum absolute atomic E-state index is 0.0813. The van der Waals surface area contributed by atoms with Crippen LogP contribution in [0.1, 0.15) is 59.2 Å². The van der Waals surface area contributed by atoms with Gasteiger partial charge in [0, 0.05) is 56.8 Å². The van der Waals surface area contributed by atoms with Crippen LogP contribution in [-0.4, -0.2) is 77.2 Å². The second-order valence-electron chi connectivity index (χ2n) is 13.0. The van der Waals surface area contributed by atoms with E-state index in [1.165, 1.54) is 29.3 Å². The maximum absolute atomic E-state index is 14.5. The first-order chi connectivity index (χ1) is 24.0. The lowest BCUT2D eigenvalue weighted by Gasteiger charge is -2.39. The van der Waals surface area contributed by atoms with Gasteiger partial charge in [-0.15, -0.1) is 0 Å². The molecule has 2 atom stereocenters. The highest BCUT2D eigenvalue weighted by molar-refractivity contribution is 7.62. The summed E-state index contributed by atoms with van der Waals surface area (Å²) in [7, 11) is -4.00. The van der Waals surface area contributed by atoms with Crippen LogP contribution in [0, 0.1) is 24.0 Å². The van der Waals surface area contributed by atoms with Crippen LogP contribution in [-0.2, 0) is 18.3 Å².